The van der Waals surface area contributed by atoms with Gasteiger partial charge in [0, 0.05) is 49.9 Å². The minimum absolute atomic E-state index is 0.141. The number of nitrogens with zero attached hydrogens (tertiary/aromatic N) is 3. The molecule has 2 aliphatic rings. The van der Waals surface area contributed by atoms with Gasteiger partial charge >= 0.3 is 6.18 Å². The normalized spacial score (nSPS) is 23.3. The second-order valence-electron chi connectivity index (χ2n) is 10.6. The number of hydrogen-bond acceptors (Lipinski definition) is 7. The van der Waals surface area contributed by atoms with Gasteiger partial charge in [-0.2, -0.15) is 17.5 Å². The molecule has 2 aliphatic heterocycles. The Morgan fingerprint density at radius 2 is 1.74 bits per heavy atom. The van der Waals surface area contributed by atoms with Gasteiger partial charge in [-0.3, -0.25) is 4.90 Å². The van der Waals surface area contributed by atoms with Crippen LogP contribution < -0.4 is 4.90 Å². The van der Waals surface area contributed by atoms with Crippen LogP contribution in [0, 0.1) is 0 Å². The Balaban J connectivity index is 1.62. The Morgan fingerprint density at radius 3 is 2.34 bits per heavy atom. The van der Waals surface area contributed by atoms with E-state index in [-0.39, 0.29) is 35.2 Å². The molecule has 0 amide bonds. The fourth-order valence-electron chi connectivity index (χ4n) is 5.06. The van der Waals surface area contributed by atoms with Gasteiger partial charge in [-0.25, -0.2) is 8.42 Å². The summed E-state index contributed by atoms with van der Waals surface area (Å²) in [5.41, 5.74) is -2.92. The molecule has 2 aromatic carbocycles. The van der Waals surface area contributed by atoms with Crippen LogP contribution in [-0.2, 0) is 20.4 Å². The lowest BCUT2D eigenvalue weighted by Gasteiger charge is -2.46. The third kappa shape index (κ3) is 6.00. The first-order valence-electron chi connectivity index (χ1n) is 12.4. The summed E-state index contributed by atoms with van der Waals surface area (Å²) in [7, 11) is -3.81. The van der Waals surface area contributed by atoms with Crippen molar-refractivity contribution in [2.45, 2.75) is 54.0 Å². The van der Waals surface area contributed by atoms with Crippen molar-refractivity contribution >= 4 is 28.3 Å². The lowest BCUT2D eigenvalue weighted by Crippen LogP contribution is -2.60. The Bertz CT molecular complexity index is 1240. The Kier molecular flexibility index (Phi) is 8.15. The van der Waals surface area contributed by atoms with Crippen LogP contribution in [0.3, 0.4) is 0 Å². The highest BCUT2D eigenvalue weighted by atomic mass is 32.2. The van der Waals surface area contributed by atoms with Gasteiger partial charge in [-0.1, -0.05) is 24.3 Å². The van der Waals surface area contributed by atoms with E-state index < -0.39 is 21.8 Å². The summed E-state index contributed by atoms with van der Waals surface area (Å²) in [6, 6.07) is 11.9. The molecule has 4 rings (SSSR count). The Labute approximate surface area is 227 Å². The molecule has 0 aromatic heterocycles. The molecule has 2 heterocycles. The van der Waals surface area contributed by atoms with Crippen molar-refractivity contribution < 1.29 is 31.4 Å². The van der Waals surface area contributed by atoms with Crippen molar-refractivity contribution in [3.63, 3.8) is 0 Å². The number of thiol groups is 1. The molecule has 2 saturated heterocycles. The Morgan fingerprint density at radius 1 is 1.08 bits per heavy atom. The number of hydrogen-bond donors (Lipinski definition) is 2. The van der Waals surface area contributed by atoms with Gasteiger partial charge in [0.2, 0.25) is 10.0 Å². The number of benzene rings is 2. The molecule has 0 aliphatic carbocycles. The van der Waals surface area contributed by atoms with E-state index in [0.29, 0.717) is 43.4 Å². The average molecular weight is 574 g/mol. The SMILES string of the molecule is CC1(C)CN(C[C@H]2CN(S(=O)(=O)c3ccccc3S)CCN2c2ccc([C@](C)(O)C(F)(F)F)cc2)CCO1. The van der Waals surface area contributed by atoms with Crippen LogP contribution in [0.2, 0.25) is 0 Å². The van der Waals surface area contributed by atoms with E-state index in [1.165, 1.54) is 22.5 Å². The van der Waals surface area contributed by atoms with Crippen molar-refractivity contribution in [2.24, 2.45) is 0 Å². The van der Waals surface area contributed by atoms with Gasteiger partial charge in [0.05, 0.1) is 23.1 Å². The zero-order chi connectivity index (χ0) is 27.9. The zero-order valence-electron chi connectivity index (χ0n) is 21.6. The lowest BCUT2D eigenvalue weighted by atomic mass is 9.95. The summed E-state index contributed by atoms with van der Waals surface area (Å²) in [5.74, 6) is 0. The quantitative estimate of drug-likeness (QED) is 0.514. The van der Waals surface area contributed by atoms with Gasteiger partial charge in [0.1, 0.15) is 0 Å². The van der Waals surface area contributed by atoms with Crippen LogP contribution in [0.25, 0.3) is 0 Å². The number of anilines is 1. The monoisotopic (exact) mass is 573 g/mol. The second-order valence-corrected chi connectivity index (χ2v) is 13.0. The maximum Gasteiger partial charge on any atom is 0.421 e. The number of aliphatic hydroxyl groups is 1. The predicted molar refractivity (Wildman–Crippen MR) is 142 cm³/mol. The predicted octanol–water partition coefficient (Wildman–Crippen LogP) is 3.74. The number of ether oxygens (including phenoxy) is 1. The molecule has 2 aromatic rings. The Hall–Kier alpha value is -1.83. The van der Waals surface area contributed by atoms with E-state index in [9.17, 15) is 26.7 Å². The van der Waals surface area contributed by atoms with E-state index in [0.717, 1.165) is 6.92 Å². The molecule has 1 N–H and O–H groups in total. The molecule has 7 nitrogen and oxygen atoms in total. The van der Waals surface area contributed by atoms with E-state index in [2.05, 4.69) is 17.5 Å². The van der Waals surface area contributed by atoms with Gasteiger partial charge in [0.25, 0.3) is 0 Å². The highest BCUT2D eigenvalue weighted by molar-refractivity contribution is 7.90. The first-order chi connectivity index (χ1) is 17.6. The van der Waals surface area contributed by atoms with Crippen LogP contribution in [0.5, 0.6) is 0 Å². The van der Waals surface area contributed by atoms with Crippen LogP contribution >= 0.6 is 12.6 Å². The van der Waals surface area contributed by atoms with Gasteiger partial charge in [-0.05, 0) is 50.6 Å². The van der Waals surface area contributed by atoms with Crippen molar-refractivity contribution in [1.82, 2.24) is 9.21 Å². The average Bonchev–Trinajstić information content (AvgIpc) is 2.83. The third-order valence-corrected chi connectivity index (χ3v) is 9.68. The smallest absolute Gasteiger partial charge is 0.376 e. The molecule has 0 radical (unpaired) electrons. The summed E-state index contributed by atoms with van der Waals surface area (Å²) < 4.78 is 74.4. The first-order valence-corrected chi connectivity index (χ1v) is 14.3. The zero-order valence-corrected chi connectivity index (χ0v) is 23.4. The fraction of sp³-hybridized carbons (Fsp3) is 0.538. The molecule has 0 saturated carbocycles. The number of halogens is 3. The number of morpholine rings is 1. The topological polar surface area (TPSA) is 73.3 Å². The first kappa shape index (κ1) is 29.2. The third-order valence-electron chi connectivity index (χ3n) is 7.22. The molecular weight excluding hydrogens is 539 g/mol. The largest absolute Gasteiger partial charge is 0.421 e. The van der Waals surface area contributed by atoms with Crippen molar-refractivity contribution in [1.29, 1.82) is 0 Å². The minimum Gasteiger partial charge on any atom is -0.376 e. The summed E-state index contributed by atoms with van der Waals surface area (Å²) >= 11 is 4.35. The maximum absolute atomic E-state index is 13.5. The molecule has 2 atom stereocenters. The minimum atomic E-state index is -4.82. The molecular formula is C26H34F3N3O4S2. The summed E-state index contributed by atoms with van der Waals surface area (Å²) in [4.78, 5) is 4.77. The molecule has 0 unspecified atom stereocenters. The maximum atomic E-state index is 13.5. The standard InChI is InChI=1S/C26H34F3N3O4S2/c1-24(2)18-30(14-15-36-24)16-21-17-31(38(34,35)23-7-5-4-6-22(23)37)12-13-32(21)20-10-8-19(9-11-20)25(3,33)26(27,28)29/h4-11,21,33,37H,12-18H2,1-3H3/t21-,25-/m0/s1. The summed E-state index contributed by atoms with van der Waals surface area (Å²) in [6.45, 7) is 7.94. The van der Waals surface area contributed by atoms with E-state index in [4.69, 9.17) is 4.74 Å². The van der Waals surface area contributed by atoms with E-state index in [1.54, 1.807) is 30.3 Å². The van der Waals surface area contributed by atoms with Crippen LogP contribution in [-0.4, -0.2) is 86.4 Å². The molecule has 0 spiro atoms. The number of piperazine rings is 1. The highest BCUT2D eigenvalue weighted by Gasteiger charge is 2.51. The number of rotatable bonds is 6. The molecule has 2 fully saturated rings. The summed E-state index contributed by atoms with van der Waals surface area (Å²) in [5, 5.41) is 10.1. The van der Waals surface area contributed by atoms with Gasteiger partial charge < -0.3 is 14.7 Å². The number of alkyl halides is 3. The number of sulfonamides is 1. The van der Waals surface area contributed by atoms with Crippen molar-refractivity contribution in [3.05, 3.63) is 54.1 Å². The second kappa shape index (κ2) is 10.6. The molecule has 38 heavy (non-hydrogen) atoms. The van der Waals surface area contributed by atoms with Crippen LogP contribution in [0.15, 0.2) is 58.3 Å². The van der Waals surface area contributed by atoms with Crippen LogP contribution in [0.4, 0.5) is 18.9 Å². The van der Waals surface area contributed by atoms with Crippen LogP contribution in [0.1, 0.15) is 26.3 Å². The van der Waals surface area contributed by atoms with Gasteiger partial charge in [-0.15, -0.1) is 12.6 Å². The fourth-order valence-corrected chi connectivity index (χ4v) is 7.12. The van der Waals surface area contributed by atoms with Gasteiger partial charge in [0.15, 0.2) is 5.60 Å². The highest BCUT2D eigenvalue weighted by Crippen LogP contribution is 2.39. The van der Waals surface area contributed by atoms with Crippen molar-refractivity contribution in [3.8, 4) is 0 Å². The lowest BCUT2D eigenvalue weighted by molar-refractivity contribution is -0.258. The van der Waals surface area contributed by atoms with Crippen molar-refractivity contribution in [2.75, 3.05) is 50.8 Å². The van der Waals surface area contributed by atoms with E-state index >= 15 is 0 Å². The molecule has 210 valence electrons. The molecule has 12 heteroatoms. The summed E-state index contributed by atoms with van der Waals surface area (Å²) in [6.07, 6.45) is -4.82. The van der Waals surface area contributed by atoms with E-state index in [1.807, 2.05) is 18.7 Å². The molecule has 0 bridgehead atoms.